The van der Waals surface area contributed by atoms with Crippen LogP contribution in [-0.2, 0) is 4.79 Å². The maximum absolute atomic E-state index is 12.7. The third-order valence-electron chi connectivity index (χ3n) is 4.94. The van der Waals surface area contributed by atoms with Crippen molar-refractivity contribution in [2.45, 2.75) is 51.6 Å². The first-order valence-corrected chi connectivity index (χ1v) is 8.10. The zero-order valence-corrected chi connectivity index (χ0v) is 13.2. The fraction of sp³-hybridized carbons (Fsp3) is 0.647. The van der Waals surface area contributed by atoms with Crippen molar-refractivity contribution >= 4 is 11.6 Å². The number of carbonyl (C=O) groups is 1. The minimum atomic E-state index is 0.0202. The Bertz CT molecular complexity index is 529. The quantitative estimate of drug-likeness (QED) is 0.837. The summed E-state index contributed by atoms with van der Waals surface area (Å²) >= 11 is 0. The van der Waals surface area contributed by atoms with Gasteiger partial charge in [0.1, 0.15) is 11.6 Å². The molecule has 1 fully saturated rings. The van der Waals surface area contributed by atoms with Crippen LogP contribution in [0.2, 0.25) is 0 Å². The Hall–Kier alpha value is -1.42. The van der Waals surface area contributed by atoms with Crippen LogP contribution < -0.4 is 4.90 Å². The zero-order valence-electron chi connectivity index (χ0n) is 13.2. The van der Waals surface area contributed by atoms with Gasteiger partial charge in [-0.05, 0) is 26.3 Å². The lowest BCUT2D eigenvalue weighted by Crippen LogP contribution is -2.55. The van der Waals surface area contributed by atoms with Gasteiger partial charge < -0.3 is 4.90 Å². The molecule has 0 amide bonds. The minimum absolute atomic E-state index is 0.0202. The summed E-state index contributed by atoms with van der Waals surface area (Å²) in [5, 5.41) is 0. The minimum Gasteiger partial charge on any atom is -0.350 e. The predicted octanol–water partition coefficient (Wildman–Crippen LogP) is 2.45. The highest BCUT2D eigenvalue weighted by atomic mass is 16.1. The van der Waals surface area contributed by atoms with E-state index in [2.05, 4.69) is 41.6 Å². The van der Waals surface area contributed by atoms with Gasteiger partial charge in [-0.25, -0.2) is 4.98 Å². The Morgan fingerprint density at radius 1 is 1.38 bits per heavy atom. The molecule has 0 bridgehead atoms. The Balaban J connectivity index is 1.98. The van der Waals surface area contributed by atoms with Crippen molar-refractivity contribution in [3.05, 3.63) is 23.9 Å². The number of ketones is 1. The van der Waals surface area contributed by atoms with Gasteiger partial charge >= 0.3 is 0 Å². The standard InChI is InChI=1S/C17H25N3O/c1-4-14-15-6-5-7-18-17(15)20-9-8-19(12(2)3)11-13(20)10-16(14)21/h5-7,12-14H,4,8-11H2,1-3H3/t13-,14?/m1/s1. The van der Waals surface area contributed by atoms with E-state index in [9.17, 15) is 4.79 Å². The number of anilines is 1. The highest BCUT2D eigenvalue weighted by Gasteiger charge is 2.37. The topological polar surface area (TPSA) is 36.4 Å². The van der Waals surface area contributed by atoms with E-state index in [0.29, 0.717) is 18.2 Å². The van der Waals surface area contributed by atoms with Crippen molar-refractivity contribution in [1.29, 1.82) is 0 Å². The summed E-state index contributed by atoms with van der Waals surface area (Å²) in [4.78, 5) is 22.1. The van der Waals surface area contributed by atoms with Gasteiger partial charge in [-0.2, -0.15) is 0 Å². The maximum atomic E-state index is 12.7. The van der Waals surface area contributed by atoms with Crippen LogP contribution in [-0.4, -0.2) is 47.4 Å². The Labute approximate surface area is 127 Å². The molecule has 1 aromatic rings. The van der Waals surface area contributed by atoms with Crippen LogP contribution in [0, 0.1) is 0 Å². The first-order chi connectivity index (χ1) is 10.1. The van der Waals surface area contributed by atoms with Gasteiger partial charge in [-0.3, -0.25) is 9.69 Å². The lowest BCUT2D eigenvalue weighted by atomic mass is 9.91. The second-order valence-electron chi connectivity index (χ2n) is 6.48. The Morgan fingerprint density at radius 3 is 2.90 bits per heavy atom. The van der Waals surface area contributed by atoms with Crippen LogP contribution in [0.1, 0.15) is 45.1 Å². The molecule has 1 aromatic heterocycles. The van der Waals surface area contributed by atoms with Gasteiger partial charge in [-0.1, -0.05) is 13.0 Å². The number of Topliss-reactive ketones (excluding diaryl/α,β-unsaturated/α-hetero) is 1. The molecule has 4 heteroatoms. The number of piperazine rings is 1. The molecule has 0 N–H and O–H groups in total. The highest BCUT2D eigenvalue weighted by Crippen LogP contribution is 2.36. The predicted molar refractivity (Wildman–Crippen MR) is 84.7 cm³/mol. The Kier molecular flexibility index (Phi) is 3.98. The molecule has 3 heterocycles. The first kappa shape index (κ1) is 14.5. The normalized spacial score (nSPS) is 26.5. The van der Waals surface area contributed by atoms with Gasteiger partial charge in [-0.15, -0.1) is 0 Å². The number of hydrogen-bond acceptors (Lipinski definition) is 4. The number of aromatic nitrogens is 1. The molecule has 0 radical (unpaired) electrons. The van der Waals surface area contributed by atoms with Crippen molar-refractivity contribution in [2.24, 2.45) is 0 Å². The maximum Gasteiger partial charge on any atom is 0.142 e. The van der Waals surface area contributed by atoms with E-state index in [4.69, 9.17) is 0 Å². The molecular weight excluding hydrogens is 262 g/mol. The van der Waals surface area contributed by atoms with Crippen LogP contribution >= 0.6 is 0 Å². The summed E-state index contributed by atoms with van der Waals surface area (Å²) in [5.74, 6) is 1.44. The largest absolute Gasteiger partial charge is 0.350 e. The molecule has 0 spiro atoms. The molecular formula is C17H25N3O. The number of carbonyl (C=O) groups excluding carboxylic acids is 1. The summed E-state index contributed by atoms with van der Waals surface area (Å²) < 4.78 is 0. The molecule has 0 aliphatic carbocycles. The molecule has 0 saturated carbocycles. The number of hydrogen-bond donors (Lipinski definition) is 0. The monoisotopic (exact) mass is 287 g/mol. The summed E-state index contributed by atoms with van der Waals surface area (Å²) in [6.45, 7) is 9.55. The van der Waals surface area contributed by atoms with Crippen LogP contribution in [0.3, 0.4) is 0 Å². The molecule has 1 saturated heterocycles. The first-order valence-electron chi connectivity index (χ1n) is 8.10. The number of nitrogens with zero attached hydrogens (tertiary/aromatic N) is 3. The van der Waals surface area contributed by atoms with E-state index < -0.39 is 0 Å². The van der Waals surface area contributed by atoms with E-state index in [0.717, 1.165) is 37.4 Å². The highest BCUT2D eigenvalue weighted by molar-refractivity contribution is 5.89. The SMILES string of the molecule is CCC1C(=O)C[C@@H]2CN(C(C)C)CCN2c2ncccc21. The van der Waals surface area contributed by atoms with E-state index in [1.807, 2.05) is 12.3 Å². The third kappa shape index (κ3) is 2.57. The number of rotatable bonds is 2. The molecule has 2 atom stereocenters. The summed E-state index contributed by atoms with van der Waals surface area (Å²) in [7, 11) is 0. The van der Waals surface area contributed by atoms with Gasteiger partial charge in [0.05, 0.1) is 6.04 Å². The molecule has 1 unspecified atom stereocenters. The van der Waals surface area contributed by atoms with Crippen LogP contribution in [0.5, 0.6) is 0 Å². The van der Waals surface area contributed by atoms with Crippen molar-refractivity contribution in [3.8, 4) is 0 Å². The van der Waals surface area contributed by atoms with Gasteiger partial charge in [0.25, 0.3) is 0 Å². The van der Waals surface area contributed by atoms with E-state index in [-0.39, 0.29) is 12.0 Å². The fourth-order valence-electron chi connectivity index (χ4n) is 3.72. The molecule has 2 aliphatic heterocycles. The summed E-state index contributed by atoms with van der Waals surface area (Å²) in [6.07, 6.45) is 3.37. The van der Waals surface area contributed by atoms with Crippen molar-refractivity contribution in [3.63, 3.8) is 0 Å². The van der Waals surface area contributed by atoms with Crippen LogP contribution in [0.25, 0.3) is 0 Å². The van der Waals surface area contributed by atoms with Crippen molar-refractivity contribution < 1.29 is 4.79 Å². The summed E-state index contributed by atoms with van der Waals surface area (Å²) in [6, 6.07) is 4.86. The third-order valence-corrected chi connectivity index (χ3v) is 4.94. The smallest absolute Gasteiger partial charge is 0.142 e. The molecule has 0 aromatic carbocycles. The lowest BCUT2D eigenvalue weighted by Gasteiger charge is -2.43. The molecule has 114 valence electrons. The van der Waals surface area contributed by atoms with E-state index in [1.54, 1.807) is 0 Å². The number of pyridine rings is 1. The molecule has 3 rings (SSSR count). The van der Waals surface area contributed by atoms with Gasteiger partial charge in [0.15, 0.2) is 0 Å². The molecule has 2 aliphatic rings. The molecule has 4 nitrogen and oxygen atoms in total. The average molecular weight is 287 g/mol. The van der Waals surface area contributed by atoms with Crippen molar-refractivity contribution in [2.75, 3.05) is 24.5 Å². The second-order valence-corrected chi connectivity index (χ2v) is 6.48. The fourth-order valence-corrected chi connectivity index (χ4v) is 3.72. The van der Waals surface area contributed by atoms with Gasteiger partial charge in [0.2, 0.25) is 0 Å². The van der Waals surface area contributed by atoms with Crippen molar-refractivity contribution in [1.82, 2.24) is 9.88 Å². The molecule has 21 heavy (non-hydrogen) atoms. The number of fused-ring (bicyclic) bond motifs is 3. The van der Waals surface area contributed by atoms with E-state index in [1.165, 1.54) is 0 Å². The average Bonchev–Trinajstić information content (AvgIpc) is 2.59. The zero-order chi connectivity index (χ0) is 15.0. The second kappa shape index (κ2) is 5.76. The van der Waals surface area contributed by atoms with Gasteiger partial charge in [0, 0.05) is 49.8 Å². The lowest BCUT2D eigenvalue weighted by molar-refractivity contribution is -0.121. The van der Waals surface area contributed by atoms with Crippen LogP contribution in [0.4, 0.5) is 5.82 Å². The Morgan fingerprint density at radius 2 is 2.19 bits per heavy atom. The van der Waals surface area contributed by atoms with E-state index >= 15 is 0 Å². The summed E-state index contributed by atoms with van der Waals surface area (Å²) in [5.41, 5.74) is 1.13. The van der Waals surface area contributed by atoms with Crippen LogP contribution in [0.15, 0.2) is 18.3 Å².